The summed E-state index contributed by atoms with van der Waals surface area (Å²) in [7, 11) is 0. The molecule has 0 aromatic carbocycles. The van der Waals surface area contributed by atoms with Gasteiger partial charge in [-0.05, 0) is 26.7 Å². The second kappa shape index (κ2) is 4.67. The third-order valence-electron chi connectivity index (χ3n) is 3.97. The van der Waals surface area contributed by atoms with Crippen molar-refractivity contribution in [3.05, 3.63) is 27.9 Å². The molecule has 1 saturated carbocycles. The zero-order valence-corrected chi connectivity index (χ0v) is 12.0. The fraction of sp³-hybridized carbons (Fsp3) is 0.571. The van der Waals surface area contributed by atoms with Gasteiger partial charge in [0.05, 0.1) is 17.2 Å². The molecule has 4 nitrogen and oxygen atoms in total. The first-order valence-corrected chi connectivity index (χ1v) is 7.25. The smallest absolute Gasteiger partial charge is 0.289 e. The average molecular weight is 280 g/mol. The van der Waals surface area contributed by atoms with Crippen LogP contribution in [0.2, 0.25) is 5.15 Å². The molecule has 1 fully saturated rings. The van der Waals surface area contributed by atoms with Crippen molar-refractivity contribution in [2.45, 2.75) is 51.6 Å². The van der Waals surface area contributed by atoms with Crippen LogP contribution in [0.15, 0.2) is 17.1 Å². The molecule has 5 heteroatoms. The van der Waals surface area contributed by atoms with Gasteiger partial charge in [0.15, 0.2) is 0 Å². The van der Waals surface area contributed by atoms with Crippen LogP contribution in [0.1, 0.15) is 51.6 Å². The number of rotatable bonds is 2. The van der Waals surface area contributed by atoms with E-state index in [0.29, 0.717) is 11.2 Å². The van der Waals surface area contributed by atoms with Crippen LogP contribution in [0.3, 0.4) is 0 Å². The van der Waals surface area contributed by atoms with E-state index in [4.69, 9.17) is 11.6 Å². The van der Waals surface area contributed by atoms with Crippen LogP contribution in [0, 0.1) is 0 Å². The van der Waals surface area contributed by atoms with Gasteiger partial charge in [0, 0.05) is 18.2 Å². The van der Waals surface area contributed by atoms with Crippen molar-refractivity contribution < 1.29 is 0 Å². The Kier molecular flexibility index (Phi) is 3.13. The largest absolute Gasteiger partial charge is 0.329 e. The molecule has 0 spiro atoms. The maximum atomic E-state index is 12.7. The van der Waals surface area contributed by atoms with Gasteiger partial charge in [-0.2, -0.15) is 0 Å². The minimum Gasteiger partial charge on any atom is -0.289 e. The highest BCUT2D eigenvalue weighted by molar-refractivity contribution is 6.29. The number of nitrogens with zero attached hydrogens (tertiary/aromatic N) is 3. The predicted octanol–water partition coefficient (Wildman–Crippen LogP) is 3.55. The van der Waals surface area contributed by atoms with Crippen molar-refractivity contribution in [2.24, 2.45) is 0 Å². The predicted molar refractivity (Wildman–Crippen MR) is 76.9 cm³/mol. The molecule has 0 atom stereocenters. The van der Waals surface area contributed by atoms with Crippen LogP contribution in [0.4, 0.5) is 0 Å². The summed E-state index contributed by atoms with van der Waals surface area (Å²) in [5.41, 5.74) is 1.88. The summed E-state index contributed by atoms with van der Waals surface area (Å²) in [4.78, 5) is 16.8. The molecule has 1 aliphatic rings. The van der Waals surface area contributed by atoms with Gasteiger partial charge in [-0.1, -0.05) is 24.4 Å². The Bertz CT molecular complexity index is 665. The lowest BCUT2D eigenvalue weighted by Gasteiger charge is -2.11. The summed E-state index contributed by atoms with van der Waals surface area (Å²) in [5, 5.41) is 0.445. The number of aromatic nitrogens is 3. The lowest BCUT2D eigenvalue weighted by molar-refractivity contribution is 0.488. The molecule has 3 rings (SSSR count). The molecule has 19 heavy (non-hydrogen) atoms. The summed E-state index contributed by atoms with van der Waals surface area (Å²) in [6, 6.07) is 2.25. The summed E-state index contributed by atoms with van der Waals surface area (Å²) < 4.78 is 3.74. The summed E-state index contributed by atoms with van der Waals surface area (Å²) >= 11 is 6.00. The number of hydrogen-bond donors (Lipinski definition) is 0. The van der Waals surface area contributed by atoms with Crippen LogP contribution >= 0.6 is 11.6 Å². The monoisotopic (exact) mass is 279 g/mol. The van der Waals surface area contributed by atoms with E-state index in [-0.39, 0.29) is 11.7 Å². The van der Waals surface area contributed by atoms with E-state index >= 15 is 0 Å². The summed E-state index contributed by atoms with van der Waals surface area (Å²) in [6.07, 6.45) is 6.27. The summed E-state index contributed by atoms with van der Waals surface area (Å²) in [5.74, 6) is 0. The van der Waals surface area contributed by atoms with E-state index in [2.05, 4.69) is 4.98 Å². The van der Waals surface area contributed by atoms with Gasteiger partial charge in [-0.25, -0.2) is 9.78 Å². The van der Waals surface area contributed by atoms with E-state index in [9.17, 15) is 4.79 Å². The molecule has 0 N–H and O–H groups in total. The van der Waals surface area contributed by atoms with Crippen LogP contribution in [-0.4, -0.2) is 14.1 Å². The van der Waals surface area contributed by atoms with Crippen LogP contribution in [-0.2, 0) is 0 Å². The first-order chi connectivity index (χ1) is 9.09. The Balaban J connectivity index is 2.33. The highest BCUT2D eigenvalue weighted by atomic mass is 35.5. The Hall–Kier alpha value is -1.29. The zero-order chi connectivity index (χ0) is 13.6. The van der Waals surface area contributed by atoms with Gasteiger partial charge in [0.25, 0.3) is 0 Å². The second-order valence-corrected chi connectivity index (χ2v) is 5.94. The fourth-order valence-corrected chi connectivity index (χ4v) is 3.28. The lowest BCUT2D eigenvalue weighted by Crippen LogP contribution is -2.27. The van der Waals surface area contributed by atoms with Gasteiger partial charge < -0.3 is 0 Å². The average Bonchev–Trinajstić information content (AvgIpc) is 2.93. The maximum Gasteiger partial charge on any atom is 0.329 e. The van der Waals surface area contributed by atoms with Gasteiger partial charge in [-0.3, -0.25) is 9.13 Å². The molecular formula is C14H18ClN3O. The number of halogens is 1. The van der Waals surface area contributed by atoms with E-state index < -0.39 is 0 Å². The van der Waals surface area contributed by atoms with Crippen molar-refractivity contribution in [1.82, 2.24) is 14.1 Å². The Morgan fingerprint density at radius 1 is 1.32 bits per heavy atom. The molecule has 102 valence electrons. The third-order valence-corrected chi connectivity index (χ3v) is 4.17. The molecular weight excluding hydrogens is 262 g/mol. The highest BCUT2D eigenvalue weighted by Gasteiger charge is 2.24. The standard InChI is InChI=1S/C14H18ClN3O/c1-9(2)17-12-8-16-13(15)7-11(12)18(14(17)19)10-5-3-4-6-10/h7-10H,3-6H2,1-2H3. The number of pyridine rings is 1. The lowest BCUT2D eigenvalue weighted by atomic mass is 10.2. The zero-order valence-electron chi connectivity index (χ0n) is 11.3. The molecule has 0 amide bonds. The SMILES string of the molecule is CC(C)n1c(=O)n(C2CCCC2)c2cc(Cl)ncc21. The first kappa shape index (κ1) is 12.7. The van der Waals surface area contributed by atoms with E-state index in [1.807, 2.05) is 29.0 Å². The van der Waals surface area contributed by atoms with Crippen LogP contribution in [0.25, 0.3) is 11.0 Å². The van der Waals surface area contributed by atoms with Crippen LogP contribution < -0.4 is 5.69 Å². The van der Waals surface area contributed by atoms with Crippen molar-refractivity contribution in [2.75, 3.05) is 0 Å². The van der Waals surface area contributed by atoms with Crippen LogP contribution in [0.5, 0.6) is 0 Å². The van der Waals surface area contributed by atoms with Gasteiger partial charge in [-0.15, -0.1) is 0 Å². The van der Waals surface area contributed by atoms with Gasteiger partial charge >= 0.3 is 5.69 Å². The Labute approximate surface area is 117 Å². The first-order valence-electron chi connectivity index (χ1n) is 6.87. The van der Waals surface area contributed by atoms with Gasteiger partial charge in [0.2, 0.25) is 0 Å². The maximum absolute atomic E-state index is 12.7. The van der Waals surface area contributed by atoms with Crippen molar-refractivity contribution >= 4 is 22.6 Å². The molecule has 2 aromatic rings. The molecule has 0 bridgehead atoms. The minimum absolute atomic E-state index is 0.0703. The van der Waals surface area contributed by atoms with Crippen molar-refractivity contribution in [3.8, 4) is 0 Å². The number of hydrogen-bond acceptors (Lipinski definition) is 2. The van der Waals surface area contributed by atoms with Crippen molar-refractivity contribution in [3.63, 3.8) is 0 Å². The quantitative estimate of drug-likeness (QED) is 0.789. The molecule has 0 saturated heterocycles. The molecule has 2 aromatic heterocycles. The third kappa shape index (κ3) is 1.98. The van der Waals surface area contributed by atoms with E-state index in [1.54, 1.807) is 6.20 Å². The molecule has 2 heterocycles. The number of fused-ring (bicyclic) bond motifs is 1. The molecule has 0 unspecified atom stereocenters. The normalized spacial score (nSPS) is 16.8. The Morgan fingerprint density at radius 2 is 2.00 bits per heavy atom. The van der Waals surface area contributed by atoms with E-state index in [1.165, 1.54) is 12.8 Å². The highest BCUT2D eigenvalue weighted by Crippen LogP contribution is 2.32. The van der Waals surface area contributed by atoms with E-state index in [0.717, 1.165) is 23.9 Å². The molecule has 0 radical (unpaired) electrons. The minimum atomic E-state index is 0.0703. The second-order valence-electron chi connectivity index (χ2n) is 5.55. The topological polar surface area (TPSA) is 39.8 Å². The number of imidazole rings is 1. The van der Waals surface area contributed by atoms with Gasteiger partial charge in [0.1, 0.15) is 5.15 Å². The summed E-state index contributed by atoms with van der Waals surface area (Å²) in [6.45, 7) is 4.04. The molecule has 0 aliphatic heterocycles. The van der Waals surface area contributed by atoms with Crippen molar-refractivity contribution in [1.29, 1.82) is 0 Å². The Morgan fingerprint density at radius 3 is 2.63 bits per heavy atom. The molecule has 1 aliphatic carbocycles. The fourth-order valence-electron chi connectivity index (χ4n) is 3.13.